The normalized spacial score (nSPS) is 12.2. The van der Waals surface area contributed by atoms with E-state index < -0.39 is 6.10 Å². The Balaban J connectivity index is 1.69. The average molecular weight is 398 g/mol. The topological polar surface area (TPSA) is 72.4 Å². The van der Waals surface area contributed by atoms with Crippen molar-refractivity contribution < 1.29 is 14.6 Å². The van der Waals surface area contributed by atoms with Gasteiger partial charge in [-0.3, -0.25) is 5.41 Å². The van der Waals surface area contributed by atoms with Gasteiger partial charge >= 0.3 is 0 Å². The first-order valence-corrected chi connectivity index (χ1v) is 10.3. The second-order valence-corrected chi connectivity index (χ2v) is 7.28. The summed E-state index contributed by atoms with van der Waals surface area (Å²) in [5.41, 5.74) is 2.43. The number of aliphatic hydroxyl groups excluding tert-OH is 1. The summed E-state index contributed by atoms with van der Waals surface area (Å²) < 4.78 is 14.8. The molecule has 3 rings (SSSR count). The monoisotopic (exact) mass is 397 g/mol. The van der Waals surface area contributed by atoms with Crippen LogP contribution in [0.1, 0.15) is 32.6 Å². The molecule has 0 bridgehead atoms. The molecule has 6 nitrogen and oxygen atoms in total. The Morgan fingerprint density at radius 3 is 2.24 bits per heavy atom. The highest BCUT2D eigenvalue weighted by Gasteiger charge is 2.14. The fourth-order valence-corrected chi connectivity index (χ4v) is 3.53. The van der Waals surface area contributed by atoms with Crippen LogP contribution >= 0.6 is 0 Å². The van der Waals surface area contributed by atoms with E-state index in [0.29, 0.717) is 17.9 Å². The fraction of sp³-hybridized carbons (Fsp3) is 0.435. The summed E-state index contributed by atoms with van der Waals surface area (Å²) in [5.74, 6) is 1.44. The molecular weight excluding hydrogens is 366 g/mol. The first-order chi connectivity index (χ1) is 14.1. The highest BCUT2D eigenvalue weighted by atomic mass is 16.5. The van der Waals surface area contributed by atoms with Gasteiger partial charge in [-0.05, 0) is 42.8 Å². The Labute approximate surface area is 171 Å². The molecule has 1 heterocycles. The van der Waals surface area contributed by atoms with Crippen molar-refractivity contribution in [1.29, 1.82) is 5.41 Å². The van der Waals surface area contributed by atoms with Crippen LogP contribution in [0.5, 0.6) is 11.5 Å². The quantitative estimate of drug-likeness (QED) is 0.481. The van der Waals surface area contributed by atoms with Crippen molar-refractivity contribution in [2.24, 2.45) is 0 Å². The van der Waals surface area contributed by atoms with Gasteiger partial charge in [0.25, 0.3) is 0 Å². The van der Waals surface area contributed by atoms with Crippen LogP contribution in [0.3, 0.4) is 0 Å². The lowest BCUT2D eigenvalue weighted by Gasteiger charge is -2.14. The zero-order valence-electron chi connectivity index (χ0n) is 17.3. The summed E-state index contributed by atoms with van der Waals surface area (Å²) in [6.07, 6.45) is 3.92. The second kappa shape index (κ2) is 10.2. The standard InChI is InChI=1S/C23H31N3O3/c1-3-4-5-8-15-25-21-9-6-7-10-22(21)26(23(25)24)16-18(27)17-29-20-13-11-19(28-2)12-14-20/h6-7,9-14,18,24,27H,3-5,8,15-17H2,1-2H3/t18-/m1/s1. The number of unbranched alkanes of at least 4 members (excludes halogenated alkanes) is 3. The molecule has 0 aliphatic rings. The van der Waals surface area contributed by atoms with Crippen molar-refractivity contribution in [3.63, 3.8) is 0 Å². The van der Waals surface area contributed by atoms with E-state index in [1.54, 1.807) is 7.11 Å². The van der Waals surface area contributed by atoms with Gasteiger partial charge in [0.15, 0.2) is 0 Å². The highest BCUT2D eigenvalue weighted by molar-refractivity contribution is 5.75. The lowest BCUT2D eigenvalue weighted by Crippen LogP contribution is -2.31. The largest absolute Gasteiger partial charge is 0.497 e. The van der Waals surface area contributed by atoms with Crippen LogP contribution in [0.2, 0.25) is 0 Å². The number of fused-ring (bicyclic) bond motifs is 1. The number of para-hydroxylation sites is 2. The number of nitrogens with zero attached hydrogens (tertiary/aromatic N) is 2. The highest BCUT2D eigenvalue weighted by Crippen LogP contribution is 2.18. The van der Waals surface area contributed by atoms with Crippen LogP contribution in [0.25, 0.3) is 11.0 Å². The van der Waals surface area contributed by atoms with E-state index in [9.17, 15) is 5.11 Å². The zero-order valence-corrected chi connectivity index (χ0v) is 17.3. The van der Waals surface area contributed by atoms with Crippen LogP contribution in [-0.2, 0) is 13.1 Å². The van der Waals surface area contributed by atoms with E-state index in [4.69, 9.17) is 14.9 Å². The summed E-state index contributed by atoms with van der Waals surface area (Å²) in [6.45, 7) is 3.50. The van der Waals surface area contributed by atoms with E-state index in [-0.39, 0.29) is 6.61 Å². The lowest BCUT2D eigenvalue weighted by molar-refractivity contribution is 0.0920. The number of nitrogens with one attached hydrogen (secondary N) is 1. The van der Waals surface area contributed by atoms with Gasteiger partial charge in [0, 0.05) is 6.54 Å². The van der Waals surface area contributed by atoms with E-state index in [2.05, 4.69) is 6.92 Å². The van der Waals surface area contributed by atoms with Gasteiger partial charge in [-0.1, -0.05) is 38.3 Å². The van der Waals surface area contributed by atoms with E-state index >= 15 is 0 Å². The smallest absolute Gasteiger partial charge is 0.203 e. The molecule has 29 heavy (non-hydrogen) atoms. The molecule has 0 aliphatic heterocycles. The van der Waals surface area contributed by atoms with E-state index in [1.165, 1.54) is 19.3 Å². The first kappa shape index (κ1) is 21.0. The number of rotatable bonds is 11. The van der Waals surface area contributed by atoms with Gasteiger partial charge < -0.3 is 23.7 Å². The Hall–Kier alpha value is -2.73. The molecule has 2 N–H and O–H groups in total. The maximum absolute atomic E-state index is 10.5. The van der Waals surface area contributed by atoms with Gasteiger partial charge in [-0.15, -0.1) is 0 Å². The molecule has 1 aromatic heterocycles. The molecule has 0 amide bonds. The number of methoxy groups -OCH3 is 1. The molecule has 0 aliphatic carbocycles. The Morgan fingerprint density at radius 2 is 1.59 bits per heavy atom. The number of benzene rings is 2. The third-order valence-electron chi connectivity index (χ3n) is 5.11. The molecule has 0 radical (unpaired) electrons. The van der Waals surface area contributed by atoms with Crippen LogP contribution in [-0.4, -0.2) is 34.1 Å². The number of aryl methyl sites for hydroxylation is 1. The molecule has 1 atom stereocenters. The third-order valence-corrected chi connectivity index (χ3v) is 5.11. The fourth-order valence-electron chi connectivity index (χ4n) is 3.53. The van der Waals surface area contributed by atoms with Crippen LogP contribution in [0.15, 0.2) is 48.5 Å². The molecule has 2 aromatic carbocycles. The van der Waals surface area contributed by atoms with Crippen molar-refractivity contribution in [2.75, 3.05) is 13.7 Å². The predicted molar refractivity (Wildman–Crippen MR) is 114 cm³/mol. The molecule has 3 aromatic rings. The third kappa shape index (κ3) is 5.21. The maximum atomic E-state index is 10.5. The molecule has 0 saturated heterocycles. The first-order valence-electron chi connectivity index (χ1n) is 10.3. The number of aliphatic hydroxyl groups is 1. The molecule has 0 unspecified atom stereocenters. The molecular formula is C23H31N3O3. The van der Waals surface area contributed by atoms with Gasteiger partial charge in [0.2, 0.25) is 5.62 Å². The maximum Gasteiger partial charge on any atom is 0.203 e. The Bertz CT molecular complexity index is 960. The summed E-state index contributed by atoms with van der Waals surface area (Å²) in [7, 11) is 1.62. The van der Waals surface area contributed by atoms with Crippen molar-refractivity contribution >= 4 is 11.0 Å². The van der Waals surface area contributed by atoms with Gasteiger partial charge in [-0.25, -0.2) is 0 Å². The number of ether oxygens (including phenoxy) is 2. The zero-order chi connectivity index (χ0) is 20.6. The van der Waals surface area contributed by atoms with Crippen molar-refractivity contribution in [2.45, 2.75) is 51.8 Å². The van der Waals surface area contributed by atoms with Gasteiger partial charge in [-0.2, -0.15) is 0 Å². The number of hydrogen-bond acceptors (Lipinski definition) is 4. The minimum absolute atomic E-state index is 0.161. The number of aromatic nitrogens is 2. The lowest BCUT2D eigenvalue weighted by atomic mass is 10.2. The number of imidazole rings is 1. The summed E-state index contributed by atoms with van der Waals surface area (Å²) in [4.78, 5) is 0. The average Bonchev–Trinajstić information content (AvgIpc) is 3.01. The van der Waals surface area contributed by atoms with Gasteiger partial charge in [0.1, 0.15) is 24.2 Å². The van der Waals surface area contributed by atoms with Crippen LogP contribution < -0.4 is 15.1 Å². The van der Waals surface area contributed by atoms with E-state index in [1.807, 2.05) is 57.7 Å². The minimum atomic E-state index is -0.717. The van der Waals surface area contributed by atoms with Crippen molar-refractivity contribution in [3.8, 4) is 11.5 Å². The Morgan fingerprint density at radius 1 is 0.931 bits per heavy atom. The summed E-state index contributed by atoms with van der Waals surface area (Å²) >= 11 is 0. The minimum Gasteiger partial charge on any atom is -0.497 e. The van der Waals surface area contributed by atoms with Crippen molar-refractivity contribution in [3.05, 3.63) is 54.1 Å². The Kier molecular flexibility index (Phi) is 7.36. The predicted octanol–water partition coefficient (Wildman–Crippen LogP) is 3.95. The summed E-state index contributed by atoms with van der Waals surface area (Å²) in [6, 6.07) is 15.3. The van der Waals surface area contributed by atoms with Crippen LogP contribution in [0.4, 0.5) is 0 Å². The molecule has 6 heteroatoms. The number of hydrogen-bond donors (Lipinski definition) is 2. The molecule has 0 saturated carbocycles. The molecule has 0 fully saturated rings. The van der Waals surface area contributed by atoms with E-state index in [0.717, 1.165) is 29.7 Å². The van der Waals surface area contributed by atoms with Gasteiger partial charge in [0.05, 0.1) is 24.7 Å². The summed E-state index contributed by atoms with van der Waals surface area (Å²) in [5, 5.41) is 19.2. The molecule has 0 spiro atoms. The second-order valence-electron chi connectivity index (χ2n) is 7.28. The van der Waals surface area contributed by atoms with Crippen LogP contribution in [0, 0.1) is 5.41 Å². The SMILES string of the molecule is CCCCCCn1c(=N)n(C[C@@H](O)COc2ccc(OC)cc2)c2ccccc21. The van der Waals surface area contributed by atoms with Crippen molar-refractivity contribution in [1.82, 2.24) is 9.13 Å². The molecule has 156 valence electrons.